The Bertz CT molecular complexity index is 2200. The highest BCUT2D eigenvalue weighted by atomic mass is 16.6. The first kappa shape index (κ1) is 42.6. The first-order chi connectivity index (χ1) is 29.7. The van der Waals surface area contributed by atoms with Gasteiger partial charge in [0.05, 0.1) is 88.5 Å². The summed E-state index contributed by atoms with van der Waals surface area (Å²) >= 11 is 0. The van der Waals surface area contributed by atoms with Crippen LogP contribution in [-0.4, -0.2) is 102 Å². The van der Waals surface area contributed by atoms with Gasteiger partial charge in [-0.25, -0.2) is 9.97 Å². The molecule has 0 amide bonds. The van der Waals surface area contributed by atoms with Crippen LogP contribution in [0.5, 0.6) is 28.7 Å². The zero-order valence-electron chi connectivity index (χ0n) is 34.2. The molecule has 0 fully saturated rings. The van der Waals surface area contributed by atoms with E-state index < -0.39 is 0 Å². The van der Waals surface area contributed by atoms with E-state index in [1.807, 2.05) is 60.7 Å². The van der Waals surface area contributed by atoms with Gasteiger partial charge in [-0.1, -0.05) is 24.3 Å². The molecule has 0 spiro atoms. The molecule has 316 valence electrons. The third kappa shape index (κ3) is 13.0. The van der Waals surface area contributed by atoms with Crippen molar-refractivity contribution in [2.24, 2.45) is 5.73 Å². The molecule has 3 aliphatic rings. The molecule has 0 saturated heterocycles. The average molecular weight is 818 g/mol. The number of benzene rings is 4. The van der Waals surface area contributed by atoms with Gasteiger partial charge in [-0.3, -0.25) is 0 Å². The largest absolute Gasteiger partial charge is 0.494 e. The van der Waals surface area contributed by atoms with Gasteiger partial charge in [0.25, 0.3) is 0 Å². The second-order valence-electron chi connectivity index (χ2n) is 14.2. The highest BCUT2D eigenvalue weighted by molar-refractivity contribution is 6.04. The second kappa shape index (κ2) is 23.3. The molecule has 4 aromatic carbocycles. The number of ether oxygens (including phenoxy) is 9. The minimum atomic E-state index is 0.370. The highest BCUT2D eigenvalue weighted by Crippen LogP contribution is 2.31. The topological polar surface area (TPSA) is 135 Å². The number of hydrogen-bond acceptors (Lipinski definition) is 12. The van der Waals surface area contributed by atoms with Crippen LogP contribution in [0.4, 0.5) is 0 Å². The normalized spacial score (nSPS) is 15.5. The average Bonchev–Trinajstić information content (AvgIpc) is 3.28. The van der Waals surface area contributed by atoms with Gasteiger partial charge >= 0.3 is 0 Å². The van der Waals surface area contributed by atoms with Gasteiger partial charge in [-0.15, -0.1) is 0 Å². The van der Waals surface area contributed by atoms with Crippen LogP contribution >= 0.6 is 0 Å². The van der Waals surface area contributed by atoms with Crippen molar-refractivity contribution in [1.82, 2.24) is 9.97 Å². The van der Waals surface area contributed by atoms with Crippen LogP contribution in [0.25, 0.3) is 44.3 Å². The van der Waals surface area contributed by atoms with Crippen molar-refractivity contribution in [2.75, 3.05) is 92.4 Å². The highest BCUT2D eigenvalue weighted by Gasteiger charge is 2.11. The van der Waals surface area contributed by atoms with Gasteiger partial charge in [0, 0.05) is 46.6 Å². The van der Waals surface area contributed by atoms with Crippen molar-refractivity contribution in [3.63, 3.8) is 0 Å². The maximum absolute atomic E-state index is 6.12. The summed E-state index contributed by atoms with van der Waals surface area (Å²) in [5.74, 6) is 3.58. The summed E-state index contributed by atoms with van der Waals surface area (Å²) in [4.78, 5) is 10.2. The molecular weight excluding hydrogens is 763 g/mol. The molecule has 2 aromatic heterocycles. The quantitative estimate of drug-likeness (QED) is 0.128. The van der Waals surface area contributed by atoms with Crippen molar-refractivity contribution in [1.29, 1.82) is 0 Å². The summed E-state index contributed by atoms with van der Waals surface area (Å²) in [7, 11) is 0. The Morgan fingerprint density at radius 1 is 0.433 bits per heavy atom. The lowest BCUT2D eigenvalue weighted by atomic mass is 10.1. The lowest BCUT2D eigenvalue weighted by Crippen LogP contribution is -2.14. The fraction of sp³-hybridized carbons (Fsp3) is 0.375. The predicted molar refractivity (Wildman–Crippen MR) is 233 cm³/mol. The summed E-state index contributed by atoms with van der Waals surface area (Å²) in [6, 6.07) is 34.2. The van der Waals surface area contributed by atoms with Crippen LogP contribution in [0.2, 0.25) is 0 Å². The smallest absolute Gasteiger partial charge is 0.126 e. The maximum Gasteiger partial charge on any atom is 0.126 e. The van der Waals surface area contributed by atoms with Crippen LogP contribution in [0.3, 0.4) is 0 Å². The minimum Gasteiger partial charge on any atom is -0.494 e. The molecule has 0 atom stereocenters. The van der Waals surface area contributed by atoms with Crippen LogP contribution in [-0.2, 0) is 18.9 Å². The third-order valence-electron chi connectivity index (χ3n) is 9.74. The Kier molecular flexibility index (Phi) is 16.6. The van der Waals surface area contributed by atoms with E-state index in [4.69, 9.17) is 58.3 Å². The number of pyridine rings is 2. The molecule has 60 heavy (non-hydrogen) atoms. The molecule has 0 radical (unpaired) electrons. The van der Waals surface area contributed by atoms with E-state index in [1.165, 1.54) is 0 Å². The van der Waals surface area contributed by atoms with Crippen molar-refractivity contribution < 1.29 is 42.6 Å². The first-order valence-electron chi connectivity index (χ1n) is 20.9. The Balaban J connectivity index is 0.977. The first-order valence-corrected chi connectivity index (χ1v) is 20.9. The Hall–Kier alpha value is -5.50. The van der Waals surface area contributed by atoms with Crippen molar-refractivity contribution in [3.8, 4) is 51.3 Å². The number of rotatable bonds is 6. The Morgan fingerprint density at radius 3 is 1.40 bits per heavy atom. The Labute approximate surface area is 351 Å². The third-order valence-corrected chi connectivity index (χ3v) is 9.74. The molecule has 12 heteroatoms. The second-order valence-corrected chi connectivity index (χ2v) is 14.2. The lowest BCUT2D eigenvalue weighted by Gasteiger charge is -2.14. The summed E-state index contributed by atoms with van der Waals surface area (Å²) in [6.07, 6.45) is 3.92. The van der Waals surface area contributed by atoms with E-state index in [1.54, 1.807) is 0 Å². The van der Waals surface area contributed by atoms with E-state index in [0.717, 1.165) is 81.5 Å². The van der Waals surface area contributed by atoms with Gasteiger partial charge in [-0.05, 0) is 86.3 Å². The molecule has 3 aliphatic heterocycles. The molecule has 0 unspecified atom stereocenters. The van der Waals surface area contributed by atoms with Crippen LogP contribution in [0, 0.1) is 0 Å². The van der Waals surface area contributed by atoms with Crippen LogP contribution in [0.1, 0.15) is 25.7 Å². The van der Waals surface area contributed by atoms with E-state index in [2.05, 4.69) is 42.5 Å². The molecule has 0 saturated carbocycles. The molecular formula is C48H55N3O9. The monoisotopic (exact) mass is 817 g/mol. The van der Waals surface area contributed by atoms with Gasteiger partial charge in [-0.2, -0.15) is 0 Å². The van der Waals surface area contributed by atoms with Gasteiger partial charge in [0.15, 0.2) is 0 Å². The summed E-state index contributed by atoms with van der Waals surface area (Å²) < 4.78 is 52.6. The zero-order valence-corrected chi connectivity index (χ0v) is 34.2. The summed E-state index contributed by atoms with van der Waals surface area (Å²) in [5, 5.41) is 2.08. The van der Waals surface area contributed by atoms with Crippen LogP contribution in [0.15, 0.2) is 103 Å². The SMILES string of the molecule is NCCOCCOc1cc2cc(c1)OCCOCCOCCOCCOc1ccc(cc1)-c1ccc3ccc4ccc(nc4c3n1)-c1ccc(cc1)OCCCCCCO2. The number of fused-ring (bicyclic) bond motifs is 2. The van der Waals surface area contributed by atoms with Crippen molar-refractivity contribution in [3.05, 3.63) is 103 Å². The fourth-order valence-electron chi connectivity index (χ4n) is 6.65. The summed E-state index contributed by atoms with van der Waals surface area (Å²) in [5.41, 5.74) is 11.0. The number of hydrogen-bond donors (Lipinski definition) is 1. The summed E-state index contributed by atoms with van der Waals surface area (Å²) in [6.45, 7) is 6.52. The number of aromatic nitrogens is 2. The molecule has 10 bridgehead atoms. The molecule has 9 rings (SSSR count). The molecule has 6 aromatic rings. The molecule has 12 nitrogen and oxygen atoms in total. The van der Waals surface area contributed by atoms with Crippen molar-refractivity contribution in [2.45, 2.75) is 25.7 Å². The zero-order chi connectivity index (χ0) is 41.0. The standard InChI is InChI=1S/C48H55N3O9/c49-19-22-52-27-31-59-43-33-42-34-44(35-43)60-32-29-55-26-24-53-23-25-54-28-30-58-41-15-9-37(10-16-41)46-18-12-39-6-5-38-11-17-45(50-47(38)48(39)51-46)36-7-13-40(14-8-36)56-20-3-1-2-4-21-57-42/h5-18,33-35H,1-4,19-32,49H2. The van der Waals surface area contributed by atoms with Gasteiger partial charge in [0.1, 0.15) is 48.6 Å². The minimum absolute atomic E-state index is 0.370. The van der Waals surface area contributed by atoms with E-state index in [0.29, 0.717) is 110 Å². The van der Waals surface area contributed by atoms with Gasteiger partial charge < -0.3 is 48.4 Å². The lowest BCUT2D eigenvalue weighted by molar-refractivity contribution is 0.00497. The molecule has 5 heterocycles. The van der Waals surface area contributed by atoms with E-state index in [9.17, 15) is 0 Å². The van der Waals surface area contributed by atoms with Crippen LogP contribution < -0.4 is 29.4 Å². The van der Waals surface area contributed by atoms with Gasteiger partial charge in [0.2, 0.25) is 0 Å². The number of nitrogens with two attached hydrogens (primary N) is 1. The maximum atomic E-state index is 6.12. The fourth-order valence-corrected chi connectivity index (χ4v) is 6.65. The molecule has 2 N–H and O–H groups in total. The molecule has 0 aliphatic carbocycles. The number of nitrogens with zero attached hydrogens (tertiary/aromatic N) is 2. The predicted octanol–water partition coefficient (Wildman–Crippen LogP) is 8.31. The van der Waals surface area contributed by atoms with E-state index >= 15 is 0 Å². The van der Waals surface area contributed by atoms with E-state index in [-0.39, 0.29) is 0 Å². The van der Waals surface area contributed by atoms with Crippen molar-refractivity contribution >= 4 is 21.8 Å². The Morgan fingerprint density at radius 2 is 0.883 bits per heavy atom.